The molecule has 0 bridgehead atoms. The van der Waals surface area contributed by atoms with Crippen LogP contribution in [0.3, 0.4) is 0 Å². The van der Waals surface area contributed by atoms with E-state index >= 15 is 0 Å². The number of rotatable bonds is 8. The highest BCUT2D eigenvalue weighted by Crippen LogP contribution is 2.14. The van der Waals surface area contributed by atoms with Crippen LogP contribution in [0.15, 0.2) is 24.3 Å². The second kappa shape index (κ2) is 10.1. The van der Waals surface area contributed by atoms with Crippen molar-refractivity contribution in [3.8, 4) is 0 Å². The summed E-state index contributed by atoms with van der Waals surface area (Å²) in [6, 6.07) is 7.22. The lowest BCUT2D eigenvalue weighted by atomic mass is 10.2. The van der Waals surface area contributed by atoms with Crippen molar-refractivity contribution in [2.45, 2.75) is 32.6 Å². The topological polar surface area (TPSA) is 70.7 Å². The average Bonchev–Trinajstić information content (AvgIpc) is 2.58. The molecule has 6 heteroatoms. The first-order valence-corrected chi connectivity index (χ1v) is 8.67. The Bertz CT molecular complexity index is 525. The van der Waals surface area contributed by atoms with Crippen molar-refractivity contribution in [2.75, 3.05) is 43.5 Å². The zero-order valence-electron chi connectivity index (χ0n) is 14.3. The number of morpholine rings is 1. The zero-order valence-corrected chi connectivity index (χ0v) is 14.3. The van der Waals surface area contributed by atoms with Crippen LogP contribution in [0.5, 0.6) is 0 Å². The van der Waals surface area contributed by atoms with Crippen LogP contribution < -0.4 is 10.6 Å². The van der Waals surface area contributed by atoms with Gasteiger partial charge in [-0.05, 0) is 30.7 Å². The molecular formula is C18H27N3O3. The van der Waals surface area contributed by atoms with E-state index in [0.717, 1.165) is 43.7 Å². The molecular weight excluding hydrogens is 306 g/mol. The summed E-state index contributed by atoms with van der Waals surface area (Å²) in [5, 5.41) is 5.75. The maximum Gasteiger partial charge on any atom is 0.238 e. The Balaban J connectivity index is 1.74. The number of carbonyl (C=O) groups is 2. The highest BCUT2D eigenvalue weighted by molar-refractivity contribution is 5.93. The normalized spacial score (nSPS) is 15.0. The van der Waals surface area contributed by atoms with E-state index in [0.29, 0.717) is 26.2 Å². The van der Waals surface area contributed by atoms with E-state index in [2.05, 4.69) is 22.5 Å². The highest BCUT2D eigenvalue weighted by Gasteiger charge is 2.14. The SMILES string of the molecule is CCCCCC(=O)Nc1ccc(NC(=O)CN2CCOCC2)cc1. The number of unbranched alkanes of at least 4 members (excludes halogenated alkanes) is 2. The fourth-order valence-corrected chi connectivity index (χ4v) is 2.56. The van der Waals surface area contributed by atoms with E-state index in [1.54, 1.807) is 12.1 Å². The summed E-state index contributed by atoms with van der Waals surface area (Å²) >= 11 is 0. The molecule has 1 fully saturated rings. The van der Waals surface area contributed by atoms with Gasteiger partial charge in [0.1, 0.15) is 0 Å². The Kier molecular flexibility index (Phi) is 7.71. The maximum atomic E-state index is 12.0. The average molecular weight is 333 g/mol. The number of ether oxygens (including phenoxy) is 1. The number of anilines is 2. The van der Waals surface area contributed by atoms with E-state index in [-0.39, 0.29) is 11.8 Å². The van der Waals surface area contributed by atoms with Crippen molar-refractivity contribution in [1.82, 2.24) is 4.90 Å². The molecule has 0 atom stereocenters. The largest absolute Gasteiger partial charge is 0.379 e. The smallest absolute Gasteiger partial charge is 0.238 e. The van der Waals surface area contributed by atoms with Crippen molar-refractivity contribution in [2.24, 2.45) is 0 Å². The summed E-state index contributed by atoms with van der Waals surface area (Å²) < 4.78 is 5.27. The Hall–Kier alpha value is -1.92. The number of nitrogens with zero attached hydrogens (tertiary/aromatic N) is 1. The molecule has 2 rings (SSSR count). The van der Waals surface area contributed by atoms with E-state index in [1.807, 2.05) is 12.1 Å². The minimum atomic E-state index is -0.0340. The van der Waals surface area contributed by atoms with Crippen molar-refractivity contribution < 1.29 is 14.3 Å². The van der Waals surface area contributed by atoms with Crippen molar-refractivity contribution >= 4 is 23.2 Å². The van der Waals surface area contributed by atoms with E-state index in [9.17, 15) is 9.59 Å². The fourth-order valence-electron chi connectivity index (χ4n) is 2.56. The van der Waals surface area contributed by atoms with Gasteiger partial charge >= 0.3 is 0 Å². The summed E-state index contributed by atoms with van der Waals surface area (Å²) in [5.74, 6) is 0.000745. The van der Waals surface area contributed by atoms with Crippen LogP contribution in [0.25, 0.3) is 0 Å². The lowest BCUT2D eigenvalue weighted by Gasteiger charge is -2.25. The van der Waals surface area contributed by atoms with Gasteiger partial charge in [0.25, 0.3) is 0 Å². The third kappa shape index (κ3) is 6.68. The molecule has 0 aliphatic carbocycles. The quantitative estimate of drug-likeness (QED) is 0.717. The lowest BCUT2D eigenvalue weighted by molar-refractivity contribution is -0.118. The summed E-state index contributed by atoms with van der Waals surface area (Å²) in [5.41, 5.74) is 1.49. The van der Waals surface area contributed by atoms with Crippen LogP contribution in [-0.4, -0.2) is 49.6 Å². The van der Waals surface area contributed by atoms with Gasteiger partial charge in [-0.2, -0.15) is 0 Å². The number of benzene rings is 1. The first-order valence-electron chi connectivity index (χ1n) is 8.67. The lowest BCUT2D eigenvalue weighted by Crippen LogP contribution is -2.41. The van der Waals surface area contributed by atoms with Gasteiger partial charge in [-0.15, -0.1) is 0 Å². The zero-order chi connectivity index (χ0) is 17.2. The highest BCUT2D eigenvalue weighted by atomic mass is 16.5. The molecule has 0 aromatic heterocycles. The summed E-state index contributed by atoms with van der Waals surface area (Å²) in [6.45, 7) is 5.43. The van der Waals surface area contributed by atoms with E-state index in [4.69, 9.17) is 4.74 Å². The standard InChI is InChI=1S/C18H27N3O3/c1-2-3-4-5-17(22)19-15-6-8-16(9-7-15)20-18(23)14-21-10-12-24-13-11-21/h6-9H,2-5,10-14H2,1H3,(H,19,22)(H,20,23). The van der Waals surface area contributed by atoms with Gasteiger partial charge in [0.15, 0.2) is 0 Å². The molecule has 1 aromatic carbocycles. The third-order valence-corrected chi connectivity index (χ3v) is 3.93. The van der Waals surface area contributed by atoms with E-state index < -0.39 is 0 Å². The molecule has 132 valence electrons. The summed E-state index contributed by atoms with van der Waals surface area (Å²) in [4.78, 5) is 25.9. The molecule has 2 N–H and O–H groups in total. The molecule has 6 nitrogen and oxygen atoms in total. The maximum absolute atomic E-state index is 12.0. The number of nitrogens with one attached hydrogen (secondary N) is 2. The molecule has 1 saturated heterocycles. The Morgan fingerprint density at radius 1 is 1.00 bits per heavy atom. The van der Waals surface area contributed by atoms with Gasteiger partial charge in [-0.3, -0.25) is 14.5 Å². The third-order valence-electron chi connectivity index (χ3n) is 3.93. The second-order valence-corrected chi connectivity index (χ2v) is 6.02. The van der Waals surface area contributed by atoms with Crippen LogP contribution >= 0.6 is 0 Å². The van der Waals surface area contributed by atoms with Crippen molar-refractivity contribution in [1.29, 1.82) is 0 Å². The van der Waals surface area contributed by atoms with Crippen molar-refractivity contribution in [3.63, 3.8) is 0 Å². The van der Waals surface area contributed by atoms with Gasteiger partial charge in [-0.25, -0.2) is 0 Å². The molecule has 0 radical (unpaired) electrons. The number of hydrogen-bond donors (Lipinski definition) is 2. The minimum Gasteiger partial charge on any atom is -0.379 e. The van der Waals surface area contributed by atoms with Gasteiger partial charge in [0, 0.05) is 30.9 Å². The molecule has 24 heavy (non-hydrogen) atoms. The molecule has 0 spiro atoms. The van der Waals surface area contributed by atoms with Crippen LogP contribution in [0.4, 0.5) is 11.4 Å². The number of carbonyl (C=O) groups excluding carboxylic acids is 2. The van der Waals surface area contributed by atoms with Gasteiger partial charge in [0.05, 0.1) is 19.8 Å². The molecule has 1 aromatic rings. The monoisotopic (exact) mass is 333 g/mol. The summed E-state index contributed by atoms with van der Waals surface area (Å²) in [6.07, 6.45) is 3.64. The molecule has 2 amide bonds. The minimum absolute atomic E-state index is 0.0340. The predicted molar refractivity (Wildman–Crippen MR) is 95.1 cm³/mol. The molecule has 1 aliphatic rings. The molecule has 0 saturated carbocycles. The van der Waals surface area contributed by atoms with Crippen LogP contribution in [-0.2, 0) is 14.3 Å². The Morgan fingerprint density at radius 3 is 2.17 bits per heavy atom. The van der Waals surface area contributed by atoms with E-state index in [1.165, 1.54) is 0 Å². The predicted octanol–water partition coefficient (Wildman–Crippen LogP) is 2.48. The van der Waals surface area contributed by atoms with Crippen LogP contribution in [0.1, 0.15) is 32.6 Å². The number of amides is 2. The van der Waals surface area contributed by atoms with Crippen molar-refractivity contribution in [3.05, 3.63) is 24.3 Å². The van der Waals surface area contributed by atoms with Gasteiger partial charge in [0.2, 0.25) is 11.8 Å². The summed E-state index contributed by atoms with van der Waals surface area (Å²) in [7, 11) is 0. The molecule has 1 heterocycles. The molecule has 0 unspecified atom stereocenters. The first kappa shape index (κ1) is 18.4. The molecule has 1 aliphatic heterocycles. The van der Waals surface area contributed by atoms with Crippen LogP contribution in [0, 0.1) is 0 Å². The van der Waals surface area contributed by atoms with Crippen LogP contribution in [0.2, 0.25) is 0 Å². The Labute approximate surface area is 143 Å². The second-order valence-electron chi connectivity index (χ2n) is 6.02. The van der Waals surface area contributed by atoms with Gasteiger partial charge < -0.3 is 15.4 Å². The fraction of sp³-hybridized carbons (Fsp3) is 0.556. The Morgan fingerprint density at radius 2 is 1.58 bits per heavy atom. The van der Waals surface area contributed by atoms with Gasteiger partial charge in [-0.1, -0.05) is 19.8 Å². The number of hydrogen-bond acceptors (Lipinski definition) is 4. The first-order chi connectivity index (χ1) is 11.7.